The number of hydrogen-bond donors (Lipinski definition) is 0. The number of halogens is 1. The first kappa shape index (κ1) is 24.5. The Hall–Kier alpha value is -3.19. The molecule has 2 aromatic carbocycles. The van der Waals surface area contributed by atoms with Crippen molar-refractivity contribution in [3.63, 3.8) is 0 Å². The summed E-state index contributed by atoms with van der Waals surface area (Å²) in [6, 6.07) is 18.3. The first-order chi connectivity index (χ1) is 17.3. The number of benzene rings is 2. The molecule has 6 nitrogen and oxygen atoms in total. The van der Waals surface area contributed by atoms with Gasteiger partial charge in [0.15, 0.2) is 0 Å². The van der Waals surface area contributed by atoms with Crippen molar-refractivity contribution in [3.8, 4) is 5.75 Å². The first-order valence-corrected chi connectivity index (χ1v) is 13.0. The van der Waals surface area contributed by atoms with Crippen molar-refractivity contribution in [2.75, 3.05) is 6.61 Å². The summed E-state index contributed by atoms with van der Waals surface area (Å²) in [5.74, 6) is 1.30. The van der Waals surface area contributed by atoms with Gasteiger partial charge in [-0.25, -0.2) is 4.98 Å². The van der Waals surface area contributed by atoms with Gasteiger partial charge in [-0.05, 0) is 60.7 Å². The van der Waals surface area contributed by atoms with Gasteiger partial charge in [-0.1, -0.05) is 48.0 Å². The number of esters is 1. The van der Waals surface area contributed by atoms with Crippen molar-refractivity contribution in [1.82, 2.24) is 14.5 Å². The second-order valence-corrected chi connectivity index (χ2v) is 10.9. The molecule has 36 heavy (non-hydrogen) atoms. The van der Waals surface area contributed by atoms with Crippen LogP contribution in [0.1, 0.15) is 49.3 Å². The van der Waals surface area contributed by atoms with Gasteiger partial charge in [0.05, 0.1) is 29.3 Å². The molecule has 1 fully saturated rings. The molecule has 186 valence electrons. The highest BCUT2D eigenvalue weighted by Gasteiger charge is 2.65. The lowest BCUT2D eigenvalue weighted by atomic mass is 10.1. The third-order valence-corrected chi connectivity index (χ3v) is 7.54. The Morgan fingerprint density at radius 3 is 2.58 bits per heavy atom. The number of aromatic nitrogens is 3. The molecular weight excluding hydrogens is 518 g/mol. The zero-order valence-corrected chi connectivity index (χ0v) is 22.6. The minimum atomic E-state index is -0.221. The Balaban J connectivity index is 1.51. The maximum atomic E-state index is 12.7. The van der Waals surface area contributed by atoms with Crippen LogP contribution in [0.4, 0.5) is 0 Å². The van der Waals surface area contributed by atoms with Crippen molar-refractivity contribution < 1.29 is 14.3 Å². The molecule has 1 aliphatic rings. The molecular formula is C29H30BrN3O3. The summed E-state index contributed by atoms with van der Waals surface area (Å²) >= 11 is 3.52. The van der Waals surface area contributed by atoms with E-state index in [-0.39, 0.29) is 23.2 Å². The fraction of sp³-hybridized carbons (Fsp3) is 0.345. The predicted octanol–water partition coefficient (Wildman–Crippen LogP) is 6.43. The SMILES string of the molecule is CCOC(=O)[C@H]1[C@H](c2nc3ccc(OCc4ccc(C)cn4)cc3n2Cc2ccc(Br)cc2)C1(C)C. The van der Waals surface area contributed by atoms with Crippen LogP contribution in [0.3, 0.4) is 0 Å². The predicted molar refractivity (Wildman–Crippen MR) is 143 cm³/mol. The van der Waals surface area contributed by atoms with Crippen LogP contribution in [0.15, 0.2) is 65.3 Å². The molecule has 0 N–H and O–H groups in total. The van der Waals surface area contributed by atoms with E-state index in [2.05, 4.69) is 51.5 Å². The second-order valence-electron chi connectivity index (χ2n) is 9.98. The largest absolute Gasteiger partial charge is 0.487 e. The number of pyridine rings is 1. The van der Waals surface area contributed by atoms with Gasteiger partial charge in [-0.3, -0.25) is 9.78 Å². The van der Waals surface area contributed by atoms with E-state index < -0.39 is 0 Å². The molecule has 0 unspecified atom stereocenters. The quantitative estimate of drug-likeness (QED) is 0.238. The van der Waals surface area contributed by atoms with Crippen molar-refractivity contribution in [1.29, 1.82) is 0 Å². The van der Waals surface area contributed by atoms with Crippen molar-refractivity contribution in [2.45, 2.75) is 46.8 Å². The van der Waals surface area contributed by atoms with Crippen LogP contribution in [0.25, 0.3) is 11.0 Å². The summed E-state index contributed by atoms with van der Waals surface area (Å²) in [6.45, 7) is 9.51. The molecule has 0 aliphatic heterocycles. The molecule has 0 saturated heterocycles. The van der Waals surface area contributed by atoms with Crippen molar-refractivity contribution in [3.05, 3.63) is 87.9 Å². The first-order valence-electron chi connectivity index (χ1n) is 12.2. The van der Waals surface area contributed by atoms with E-state index in [0.717, 1.165) is 43.9 Å². The molecule has 5 rings (SSSR count). The van der Waals surface area contributed by atoms with Gasteiger partial charge < -0.3 is 14.0 Å². The zero-order chi connectivity index (χ0) is 25.4. The minimum absolute atomic E-state index is 0.0134. The van der Waals surface area contributed by atoms with Crippen LogP contribution in [0.5, 0.6) is 5.75 Å². The van der Waals surface area contributed by atoms with E-state index in [1.54, 1.807) is 0 Å². The third kappa shape index (κ3) is 4.76. The van der Waals surface area contributed by atoms with E-state index in [0.29, 0.717) is 19.8 Å². The number of fused-ring (bicyclic) bond motifs is 1. The molecule has 0 spiro atoms. The Kier molecular flexibility index (Phi) is 6.60. The number of rotatable bonds is 8. The van der Waals surface area contributed by atoms with Crippen LogP contribution in [0.2, 0.25) is 0 Å². The number of carbonyl (C=O) groups is 1. The van der Waals surface area contributed by atoms with E-state index in [4.69, 9.17) is 14.5 Å². The third-order valence-electron chi connectivity index (χ3n) is 7.01. The zero-order valence-electron chi connectivity index (χ0n) is 21.0. The van der Waals surface area contributed by atoms with Crippen LogP contribution < -0.4 is 4.74 Å². The summed E-state index contributed by atoms with van der Waals surface area (Å²) in [7, 11) is 0. The summed E-state index contributed by atoms with van der Waals surface area (Å²) in [6.07, 6.45) is 1.85. The van der Waals surface area contributed by atoms with Gasteiger partial charge in [0.1, 0.15) is 18.2 Å². The van der Waals surface area contributed by atoms with Crippen LogP contribution >= 0.6 is 15.9 Å². The molecule has 7 heteroatoms. The summed E-state index contributed by atoms with van der Waals surface area (Å²) < 4.78 is 14.7. The highest BCUT2D eigenvalue weighted by atomic mass is 79.9. The number of ether oxygens (including phenoxy) is 2. The fourth-order valence-electron chi connectivity index (χ4n) is 4.92. The van der Waals surface area contributed by atoms with Gasteiger partial charge in [-0.15, -0.1) is 0 Å². The number of nitrogens with zero attached hydrogens (tertiary/aromatic N) is 3. The average molecular weight is 548 g/mol. The molecule has 0 amide bonds. The fourth-order valence-corrected chi connectivity index (χ4v) is 5.18. The van der Waals surface area contributed by atoms with E-state index in [9.17, 15) is 4.79 Å². The van der Waals surface area contributed by atoms with Crippen molar-refractivity contribution >= 4 is 32.9 Å². The van der Waals surface area contributed by atoms with Gasteiger partial charge in [-0.2, -0.15) is 0 Å². The van der Waals surface area contributed by atoms with E-state index >= 15 is 0 Å². The second kappa shape index (κ2) is 9.69. The lowest BCUT2D eigenvalue weighted by Crippen LogP contribution is -2.11. The smallest absolute Gasteiger partial charge is 0.310 e. The molecule has 1 aliphatic carbocycles. The molecule has 2 aromatic heterocycles. The number of hydrogen-bond acceptors (Lipinski definition) is 5. The summed E-state index contributed by atoms with van der Waals surface area (Å²) in [4.78, 5) is 22.2. The van der Waals surface area contributed by atoms with Gasteiger partial charge in [0, 0.05) is 29.2 Å². The Labute approximate surface area is 219 Å². The van der Waals surface area contributed by atoms with Crippen LogP contribution in [-0.2, 0) is 22.7 Å². The molecule has 0 radical (unpaired) electrons. The highest BCUT2D eigenvalue weighted by Crippen LogP contribution is 2.64. The normalized spacial score (nSPS) is 18.2. The summed E-state index contributed by atoms with van der Waals surface area (Å²) in [5, 5.41) is 0. The highest BCUT2D eigenvalue weighted by molar-refractivity contribution is 9.10. The molecule has 2 atom stereocenters. The Morgan fingerprint density at radius 1 is 1.11 bits per heavy atom. The standard InChI is InChI=1S/C29H30BrN3O3/c1-5-35-28(34)26-25(29(26,3)4)27-32-23-13-12-22(36-17-21-11-6-18(2)15-31-21)14-24(23)33(27)16-19-7-9-20(30)10-8-19/h6-15,25-26H,5,16-17H2,1-4H3/t25-,26-/m1/s1. The van der Waals surface area contributed by atoms with Crippen LogP contribution in [-0.4, -0.2) is 27.1 Å². The Morgan fingerprint density at radius 2 is 1.89 bits per heavy atom. The minimum Gasteiger partial charge on any atom is -0.487 e. The van der Waals surface area contributed by atoms with Gasteiger partial charge >= 0.3 is 5.97 Å². The monoisotopic (exact) mass is 547 g/mol. The maximum Gasteiger partial charge on any atom is 0.310 e. The molecule has 0 bridgehead atoms. The topological polar surface area (TPSA) is 66.2 Å². The Bertz CT molecular complexity index is 1390. The average Bonchev–Trinajstić information content (AvgIpc) is 3.27. The van der Waals surface area contributed by atoms with Crippen molar-refractivity contribution in [2.24, 2.45) is 11.3 Å². The lowest BCUT2D eigenvalue weighted by Gasteiger charge is -2.12. The van der Waals surface area contributed by atoms with Crippen LogP contribution in [0, 0.1) is 18.3 Å². The lowest BCUT2D eigenvalue weighted by molar-refractivity contribution is -0.145. The van der Waals surface area contributed by atoms with E-state index in [1.807, 2.05) is 62.5 Å². The van der Waals surface area contributed by atoms with E-state index in [1.165, 1.54) is 0 Å². The number of imidazole rings is 1. The number of aryl methyl sites for hydroxylation is 1. The number of carbonyl (C=O) groups excluding carboxylic acids is 1. The van der Waals surface area contributed by atoms with Gasteiger partial charge in [0.25, 0.3) is 0 Å². The summed E-state index contributed by atoms with van der Waals surface area (Å²) in [5.41, 5.74) is 4.79. The van der Waals surface area contributed by atoms with Gasteiger partial charge in [0.2, 0.25) is 0 Å². The maximum absolute atomic E-state index is 12.7. The molecule has 4 aromatic rings. The molecule has 2 heterocycles. The molecule has 1 saturated carbocycles.